The van der Waals surface area contributed by atoms with E-state index in [0.717, 1.165) is 74.9 Å². The third-order valence-corrected chi connectivity index (χ3v) is 9.37. The first-order chi connectivity index (χ1) is 13.9. The summed E-state index contributed by atoms with van der Waals surface area (Å²) in [7, 11) is -1.13. The molecule has 3 heterocycles. The van der Waals surface area contributed by atoms with Gasteiger partial charge in [-0.3, -0.25) is 4.98 Å². The van der Waals surface area contributed by atoms with Gasteiger partial charge in [-0.1, -0.05) is 0 Å². The number of piperidine rings is 1. The molecule has 0 unspecified atom stereocenters. The fourth-order valence-corrected chi connectivity index (χ4v) is 6.94. The Labute approximate surface area is 171 Å². The van der Waals surface area contributed by atoms with E-state index in [9.17, 15) is 8.60 Å². The Morgan fingerprint density at radius 2 is 1.97 bits per heavy atom. The number of pyridine rings is 1. The Kier molecular flexibility index (Phi) is 4.47. The third-order valence-electron chi connectivity index (χ3n) is 6.92. The number of hydrogen-bond donors (Lipinski definition) is 1. The maximum Gasteiger partial charge on any atom is 0.165 e. The number of methoxy groups -OCH3 is 1. The van der Waals surface area contributed by atoms with E-state index >= 15 is 0 Å². The number of ether oxygens (including phenoxy) is 1. The highest BCUT2D eigenvalue weighted by Crippen LogP contribution is 2.45. The second-order valence-corrected chi connectivity index (χ2v) is 11.0. The summed E-state index contributed by atoms with van der Waals surface area (Å²) >= 11 is 0. The van der Waals surface area contributed by atoms with Crippen LogP contribution in [0.15, 0.2) is 24.4 Å². The smallest absolute Gasteiger partial charge is 0.165 e. The van der Waals surface area contributed by atoms with Gasteiger partial charge in [-0.05, 0) is 49.7 Å². The van der Waals surface area contributed by atoms with Crippen LogP contribution in [0.2, 0.25) is 0 Å². The topological polar surface area (TPSA) is 69.5 Å². The van der Waals surface area contributed by atoms with E-state index in [4.69, 9.17) is 9.52 Å². The predicted molar refractivity (Wildman–Crippen MR) is 112 cm³/mol. The fraction of sp³-hybridized carbons (Fsp3) is 0.571. The number of aromatic nitrogens is 1. The van der Waals surface area contributed by atoms with Gasteiger partial charge in [-0.25, -0.2) is 17.7 Å². The van der Waals surface area contributed by atoms with Crippen molar-refractivity contribution in [2.24, 2.45) is 5.41 Å². The highest BCUT2D eigenvalue weighted by molar-refractivity contribution is 7.91. The lowest BCUT2D eigenvalue weighted by Crippen LogP contribution is -2.42. The van der Waals surface area contributed by atoms with Crippen molar-refractivity contribution < 1.29 is 13.3 Å². The number of benzene rings is 1. The molecule has 1 saturated carbocycles. The van der Waals surface area contributed by atoms with Gasteiger partial charge in [0.1, 0.15) is 9.92 Å². The van der Waals surface area contributed by atoms with Crippen LogP contribution in [0.1, 0.15) is 32.1 Å². The van der Waals surface area contributed by atoms with E-state index < -0.39 is 9.92 Å². The predicted octanol–water partition coefficient (Wildman–Crippen LogP) is 3.80. The lowest BCUT2D eigenvalue weighted by atomic mass is 9.77. The molecule has 6 nitrogen and oxygen atoms in total. The van der Waals surface area contributed by atoms with Gasteiger partial charge in [-0.2, -0.15) is 0 Å². The molecular weight excluding hydrogens is 391 g/mol. The van der Waals surface area contributed by atoms with Gasteiger partial charge in [0, 0.05) is 49.5 Å². The minimum Gasteiger partial charge on any atom is -0.494 e. The van der Waals surface area contributed by atoms with Crippen LogP contribution in [0.5, 0.6) is 5.75 Å². The van der Waals surface area contributed by atoms with Gasteiger partial charge < -0.3 is 9.64 Å². The van der Waals surface area contributed by atoms with Crippen LogP contribution >= 0.6 is 0 Å². The highest BCUT2D eigenvalue weighted by atomic mass is 32.2. The van der Waals surface area contributed by atoms with Crippen LogP contribution in [-0.2, 0) is 9.92 Å². The van der Waals surface area contributed by atoms with Crippen LogP contribution in [0.4, 0.5) is 10.1 Å². The molecule has 5 rings (SSSR count). The summed E-state index contributed by atoms with van der Waals surface area (Å²) in [6, 6.07) is 5.12. The fourth-order valence-electron chi connectivity index (χ4n) is 4.92. The molecule has 1 aliphatic carbocycles. The molecule has 1 aromatic carbocycles. The van der Waals surface area contributed by atoms with E-state index in [1.165, 1.54) is 13.2 Å². The van der Waals surface area contributed by atoms with Crippen LogP contribution in [0.25, 0.3) is 10.9 Å². The Bertz CT molecular complexity index is 1050. The first kappa shape index (κ1) is 19.1. The zero-order chi connectivity index (χ0) is 20.2. The van der Waals surface area contributed by atoms with Crippen molar-refractivity contribution in [3.63, 3.8) is 0 Å². The van der Waals surface area contributed by atoms with Gasteiger partial charge in [0.2, 0.25) is 0 Å². The first-order valence-electron chi connectivity index (χ1n) is 10.3. The highest BCUT2D eigenvalue weighted by Gasteiger charge is 2.46. The molecule has 2 aromatic rings. The lowest BCUT2D eigenvalue weighted by Gasteiger charge is -2.40. The Balaban J connectivity index is 1.34. The SMILES string of the molecule is COc1cc2nccc(N3CCC4(CC3)CCN([S@@](=N)(=O)C3CC3)C4)c2cc1F. The number of rotatable bonds is 4. The Morgan fingerprint density at radius 1 is 1.24 bits per heavy atom. The van der Waals surface area contributed by atoms with Gasteiger partial charge in [0.25, 0.3) is 0 Å². The average Bonchev–Trinajstić information content (AvgIpc) is 3.50. The number of hydrogen-bond acceptors (Lipinski definition) is 5. The zero-order valence-electron chi connectivity index (χ0n) is 16.7. The zero-order valence-corrected chi connectivity index (χ0v) is 17.5. The minimum absolute atomic E-state index is 0.0906. The van der Waals surface area contributed by atoms with Gasteiger partial charge in [0.05, 0.1) is 17.9 Å². The summed E-state index contributed by atoms with van der Waals surface area (Å²) in [6.45, 7) is 3.32. The maximum absolute atomic E-state index is 14.3. The number of anilines is 1. The van der Waals surface area contributed by atoms with Crippen molar-refractivity contribution in [3.8, 4) is 5.75 Å². The normalized spacial score (nSPS) is 24.1. The second kappa shape index (κ2) is 6.80. The molecule has 2 aliphatic heterocycles. The van der Waals surface area contributed by atoms with E-state index in [2.05, 4.69) is 9.88 Å². The summed E-state index contributed by atoms with van der Waals surface area (Å²) in [5.41, 5.74) is 1.89. The van der Waals surface area contributed by atoms with E-state index in [0.29, 0.717) is 0 Å². The van der Waals surface area contributed by atoms with Crippen molar-refractivity contribution in [1.29, 1.82) is 4.78 Å². The summed E-state index contributed by atoms with van der Waals surface area (Å²) in [4.78, 5) is 6.69. The number of fused-ring (bicyclic) bond motifs is 1. The van der Waals surface area contributed by atoms with Crippen LogP contribution < -0.4 is 9.64 Å². The quantitative estimate of drug-likeness (QED) is 0.820. The molecule has 0 radical (unpaired) electrons. The van der Waals surface area contributed by atoms with Crippen molar-refractivity contribution in [2.45, 2.75) is 37.4 Å². The Hall–Kier alpha value is -1.93. The van der Waals surface area contributed by atoms with Gasteiger partial charge in [-0.15, -0.1) is 0 Å². The summed E-state index contributed by atoms with van der Waals surface area (Å²) in [6.07, 6.45) is 6.68. The molecule has 29 heavy (non-hydrogen) atoms. The molecule has 2 saturated heterocycles. The third kappa shape index (κ3) is 3.26. The van der Waals surface area contributed by atoms with Crippen molar-refractivity contribution >= 4 is 26.5 Å². The van der Waals surface area contributed by atoms with Gasteiger partial charge >= 0.3 is 0 Å². The average molecular weight is 419 g/mol. The summed E-state index contributed by atoms with van der Waals surface area (Å²) in [5, 5.41) is 0.894. The lowest BCUT2D eigenvalue weighted by molar-refractivity contribution is 0.236. The van der Waals surface area contributed by atoms with Crippen molar-refractivity contribution in [2.75, 3.05) is 38.2 Å². The summed E-state index contributed by atoms with van der Waals surface area (Å²) in [5.74, 6) is -0.167. The molecule has 0 amide bonds. The van der Waals surface area contributed by atoms with E-state index in [1.807, 2.05) is 10.4 Å². The van der Waals surface area contributed by atoms with Crippen LogP contribution in [0.3, 0.4) is 0 Å². The number of nitrogens with one attached hydrogen (secondary N) is 1. The van der Waals surface area contributed by atoms with Crippen LogP contribution in [-0.4, -0.2) is 52.0 Å². The van der Waals surface area contributed by atoms with E-state index in [-0.39, 0.29) is 22.2 Å². The van der Waals surface area contributed by atoms with Gasteiger partial charge in [0.15, 0.2) is 11.6 Å². The molecule has 1 atom stereocenters. The largest absolute Gasteiger partial charge is 0.494 e. The molecule has 0 bridgehead atoms. The minimum atomic E-state index is -2.59. The molecule has 8 heteroatoms. The van der Waals surface area contributed by atoms with Crippen LogP contribution in [0, 0.1) is 16.0 Å². The Morgan fingerprint density at radius 3 is 2.66 bits per heavy atom. The van der Waals surface area contributed by atoms with Crippen molar-refractivity contribution in [3.05, 3.63) is 30.2 Å². The maximum atomic E-state index is 14.3. The summed E-state index contributed by atoms with van der Waals surface area (Å²) < 4.78 is 42.5. The number of nitrogens with zero attached hydrogens (tertiary/aromatic N) is 3. The molecule has 1 N–H and O–H groups in total. The monoisotopic (exact) mass is 418 g/mol. The number of halogens is 1. The first-order valence-corrected chi connectivity index (χ1v) is 11.9. The second-order valence-electron chi connectivity index (χ2n) is 8.70. The molecule has 1 aromatic heterocycles. The van der Waals surface area contributed by atoms with Crippen molar-refractivity contribution in [1.82, 2.24) is 9.29 Å². The molecule has 156 valence electrons. The standard InChI is InChI=1S/C21H27FN4O2S/c1-28-20-13-18-16(12-17(20)22)19(4-8-24-18)25-9-5-21(6-10-25)7-11-26(14-21)29(23,27)15-2-3-15/h4,8,12-13,15,23H,2-3,5-7,9-11,14H2,1H3/t29-/m1/s1. The van der Waals surface area contributed by atoms with E-state index in [1.54, 1.807) is 12.3 Å². The molecular formula is C21H27FN4O2S. The molecule has 3 aliphatic rings. The molecule has 1 spiro atoms. The molecule has 3 fully saturated rings.